The average Bonchev–Trinajstić information content (AvgIpc) is 0.789. The number of amides is 11. The molecule has 1 heterocycles. The van der Waals surface area contributed by atoms with E-state index in [4.69, 9.17) is 48.4 Å². The number of unbranched alkanes of at least 4 members (excludes halogenated alkanes) is 22. The number of carbonyl (C=O) groups excluding carboxylic acids is 11. The van der Waals surface area contributed by atoms with Crippen LogP contribution in [0.3, 0.4) is 0 Å². The number of primary amides is 1. The van der Waals surface area contributed by atoms with Gasteiger partial charge in [0.05, 0.1) is 19.7 Å². The van der Waals surface area contributed by atoms with E-state index in [1.807, 2.05) is 0 Å². The zero-order chi connectivity index (χ0) is 85.9. The van der Waals surface area contributed by atoms with Crippen molar-refractivity contribution in [1.82, 2.24) is 53.2 Å². The molecule has 12 N–H and O–H groups in total. The third-order valence-corrected chi connectivity index (χ3v) is 18.1. The van der Waals surface area contributed by atoms with Crippen molar-refractivity contribution in [2.24, 2.45) is 5.73 Å². The highest BCUT2D eigenvalue weighted by atomic mass is 16.6. The summed E-state index contributed by atoms with van der Waals surface area (Å²) < 4.78 is 54.7. The standard InChI is InChI=1S/C84H157N11O20/c1-16-19-22-25-28-31-34-37-46-62(73(100)91-60-69(99)93-64(48-39-36-33-30-27-24-21-18-3)75(102)94-63(74(101)90-59-66(85)96)47-38-35-32-29-26-23-20-17-2)92-67(97)49-40-41-50-68(98)95-76-72(110-58-45-54-89-80(106)115-84(13,14)15)71(109-57-44-53-88-79(105)114-83(10,11)12)70(108-56-43-52-87-78(104)113-82(7,8)9)65(111-76)61-107-55-42-51-86-77(103)112-81(4,5)6/h62-65,70-72,76H,16-61H2,1-15H3,(H2,85,96)(H,86,103)(H,87,104)(H,88,105)(H,89,106)(H,90,101)(H,91,100)(H,92,97)(H,93,99)(H,94,102)(H,95,98)/t62-,63-,64-,65+,70+,71-,72+,76+/m0/s1. The summed E-state index contributed by atoms with van der Waals surface area (Å²) in [6.07, 6.45) is 18.8. The van der Waals surface area contributed by atoms with Crippen molar-refractivity contribution >= 4 is 65.7 Å². The van der Waals surface area contributed by atoms with Gasteiger partial charge in [0.25, 0.3) is 0 Å². The smallest absolute Gasteiger partial charge is 0.407 e. The van der Waals surface area contributed by atoms with Gasteiger partial charge in [-0.2, -0.15) is 0 Å². The lowest BCUT2D eigenvalue weighted by Crippen LogP contribution is -2.65. The van der Waals surface area contributed by atoms with Crippen LogP contribution in [0.5, 0.6) is 0 Å². The molecule has 0 saturated carbocycles. The summed E-state index contributed by atoms with van der Waals surface area (Å²) in [5.41, 5.74) is 2.44. The fraction of sp³-hybridized carbons (Fsp3) is 0.869. The van der Waals surface area contributed by atoms with Gasteiger partial charge in [0.15, 0.2) is 6.23 Å². The summed E-state index contributed by atoms with van der Waals surface area (Å²) in [4.78, 5) is 146. The summed E-state index contributed by atoms with van der Waals surface area (Å²) in [6.45, 7) is 27.5. The molecule has 1 rings (SSSR count). The Morgan fingerprint density at radius 3 is 1.04 bits per heavy atom. The van der Waals surface area contributed by atoms with E-state index < -0.39 is 150 Å². The minimum atomic E-state index is -1.22. The number of rotatable bonds is 64. The molecule has 0 aromatic heterocycles. The van der Waals surface area contributed by atoms with E-state index in [1.165, 1.54) is 19.3 Å². The van der Waals surface area contributed by atoms with Crippen LogP contribution in [-0.4, -0.2) is 209 Å². The molecule has 1 saturated heterocycles. The molecular weight excluding hydrogens is 1480 g/mol. The number of carbonyl (C=O) groups is 11. The Bertz CT molecular complexity index is 2720. The van der Waals surface area contributed by atoms with Gasteiger partial charge in [0, 0.05) is 65.4 Å². The van der Waals surface area contributed by atoms with Crippen molar-refractivity contribution in [3.63, 3.8) is 0 Å². The first-order valence-corrected chi connectivity index (χ1v) is 43.4. The SMILES string of the molecule is CCCCCCCCCC[C@H](NC(=O)CCCCC(=O)N[C@@H]1O[C@H](COCCCNC(=O)OC(C)(C)C)[C@@H](OCCCNC(=O)OC(C)(C)C)[C@H](OCCCNC(=O)OC(C)(C)C)[C@H]1OCCCNC(=O)OC(C)(C)C)C(=O)NCC(=O)N[C@@H](CCCCCCCCCC)C(=O)N[C@@H](CCCCCCCCCC)C(=O)NCC(N)=O. The molecule has 1 fully saturated rings. The highest BCUT2D eigenvalue weighted by Crippen LogP contribution is 2.29. The second-order valence-electron chi connectivity index (χ2n) is 34.1. The number of nitrogens with one attached hydrogen (secondary N) is 10. The average molecular weight is 1640 g/mol. The first-order valence-electron chi connectivity index (χ1n) is 43.4. The van der Waals surface area contributed by atoms with E-state index in [0.29, 0.717) is 44.9 Å². The number of nitrogens with two attached hydrogens (primary N) is 1. The highest BCUT2D eigenvalue weighted by molar-refractivity contribution is 5.95. The maximum atomic E-state index is 14.4. The minimum Gasteiger partial charge on any atom is -0.444 e. The summed E-state index contributed by atoms with van der Waals surface area (Å²) in [7, 11) is 0. The van der Waals surface area contributed by atoms with Crippen molar-refractivity contribution < 1.29 is 95.4 Å². The van der Waals surface area contributed by atoms with Crippen LogP contribution in [0.4, 0.5) is 19.2 Å². The van der Waals surface area contributed by atoms with E-state index in [-0.39, 0.29) is 104 Å². The van der Waals surface area contributed by atoms with Crippen LogP contribution in [0.1, 0.15) is 329 Å². The lowest BCUT2D eigenvalue weighted by Gasteiger charge is -2.46. The van der Waals surface area contributed by atoms with E-state index >= 15 is 0 Å². The van der Waals surface area contributed by atoms with Crippen LogP contribution in [0.15, 0.2) is 0 Å². The van der Waals surface area contributed by atoms with Crippen molar-refractivity contribution in [3.8, 4) is 0 Å². The molecule has 0 aromatic rings. The monoisotopic (exact) mass is 1640 g/mol. The highest BCUT2D eigenvalue weighted by Gasteiger charge is 2.49. The van der Waals surface area contributed by atoms with Gasteiger partial charge in [-0.05, 0) is 141 Å². The molecule has 0 bridgehead atoms. The Kier molecular flexibility index (Phi) is 57.6. The predicted molar refractivity (Wildman–Crippen MR) is 443 cm³/mol. The Morgan fingerprint density at radius 2 is 0.661 bits per heavy atom. The Labute approximate surface area is 689 Å². The van der Waals surface area contributed by atoms with E-state index in [0.717, 1.165) is 116 Å². The van der Waals surface area contributed by atoms with Crippen molar-refractivity contribution in [2.75, 3.05) is 72.3 Å². The zero-order valence-corrected chi connectivity index (χ0v) is 73.4. The summed E-state index contributed by atoms with van der Waals surface area (Å²) in [5, 5.41) is 27.8. The van der Waals surface area contributed by atoms with Gasteiger partial charge in [-0.25, -0.2) is 19.2 Å². The van der Waals surface area contributed by atoms with Crippen molar-refractivity contribution in [2.45, 2.75) is 400 Å². The van der Waals surface area contributed by atoms with Crippen LogP contribution in [-0.2, 0) is 76.2 Å². The third-order valence-electron chi connectivity index (χ3n) is 18.1. The molecule has 115 heavy (non-hydrogen) atoms. The summed E-state index contributed by atoms with van der Waals surface area (Å²) in [6, 6.07) is -3.06. The molecule has 1 aliphatic heterocycles. The maximum absolute atomic E-state index is 14.4. The Balaban J connectivity index is 3.62. The number of ether oxygens (including phenoxy) is 9. The van der Waals surface area contributed by atoms with E-state index in [2.05, 4.69) is 73.9 Å². The predicted octanol–water partition coefficient (Wildman–Crippen LogP) is 12.0. The number of hydrogen-bond donors (Lipinski definition) is 11. The van der Waals surface area contributed by atoms with Gasteiger partial charge in [-0.15, -0.1) is 0 Å². The molecule has 0 radical (unpaired) electrons. The molecule has 0 aromatic carbocycles. The molecule has 0 aliphatic carbocycles. The molecule has 31 nitrogen and oxygen atoms in total. The molecule has 1 aliphatic rings. The number of alkyl carbamates (subject to hydrolysis) is 4. The fourth-order valence-corrected chi connectivity index (χ4v) is 12.4. The molecular formula is C84H157N11O20. The first kappa shape index (κ1) is 106. The maximum Gasteiger partial charge on any atom is 0.407 e. The Morgan fingerprint density at radius 1 is 0.339 bits per heavy atom. The number of hydrogen-bond acceptors (Lipinski definition) is 20. The molecule has 668 valence electrons. The van der Waals surface area contributed by atoms with Crippen LogP contribution in [0, 0.1) is 0 Å². The third kappa shape index (κ3) is 59.5. The van der Waals surface area contributed by atoms with E-state index in [1.54, 1.807) is 83.1 Å². The molecule has 11 amide bonds. The summed E-state index contributed by atoms with van der Waals surface area (Å²) >= 11 is 0. The normalized spacial score (nSPS) is 16.5. The van der Waals surface area contributed by atoms with Gasteiger partial charge in [-0.3, -0.25) is 33.6 Å². The molecule has 0 spiro atoms. The molecule has 31 heteroatoms. The van der Waals surface area contributed by atoms with Gasteiger partial charge < -0.3 is 102 Å². The molecule has 8 atom stereocenters. The quantitative estimate of drug-likeness (QED) is 0.0199. The van der Waals surface area contributed by atoms with Crippen molar-refractivity contribution in [3.05, 3.63) is 0 Å². The zero-order valence-electron chi connectivity index (χ0n) is 73.4. The Hall–Kier alpha value is -6.83. The molecule has 0 unspecified atom stereocenters. The topological polar surface area (TPSA) is 417 Å². The van der Waals surface area contributed by atoms with Crippen LogP contribution < -0.4 is 58.9 Å². The van der Waals surface area contributed by atoms with Gasteiger partial charge in [0.2, 0.25) is 41.4 Å². The first-order chi connectivity index (χ1) is 54.5. The van der Waals surface area contributed by atoms with Gasteiger partial charge in [0.1, 0.15) is 64.9 Å². The van der Waals surface area contributed by atoms with Crippen LogP contribution in [0.25, 0.3) is 0 Å². The van der Waals surface area contributed by atoms with E-state index in [9.17, 15) is 52.7 Å². The lowest BCUT2D eigenvalue weighted by molar-refractivity contribution is -0.270. The van der Waals surface area contributed by atoms with Crippen LogP contribution >= 0.6 is 0 Å². The second-order valence-corrected chi connectivity index (χ2v) is 34.1. The van der Waals surface area contributed by atoms with Crippen LogP contribution in [0.2, 0.25) is 0 Å². The second kappa shape index (κ2) is 62.4. The lowest BCUT2D eigenvalue weighted by atomic mass is 9.97. The fourth-order valence-electron chi connectivity index (χ4n) is 12.4. The minimum absolute atomic E-state index is 0.0123. The largest absolute Gasteiger partial charge is 0.444 e. The van der Waals surface area contributed by atoms with Gasteiger partial charge in [-0.1, -0.05) is 175 Å². The van der Waals surface area contributed by atoms with Crippen molar-refractivity contribution in [1.29, 1.82) is 0 Å². The summed E-state index contributed by atoms with van der Waals surface area (Å²) in [5.74, 6) is -4.00. The van der Waals surface area contributed by atoms with Gasteiger partial charge >= 0.3 is 24.4 Å².